The lowest BCUT2D eigenvalue weighted by Gasteiger charge is -2.39. The minimum absolute atomic E-state index is 0.321. The molecule has 6 heteroatoms. The number of hydrazone groups is 2. The van der Waals surface area contributed by atoms with Crippen LogP contribution in [0.15, 0.2) is 70.4 Å². The van der Waals surface area contributed by atoms with E-state index in [4.69, 9.17) is 0 Å². The topological polar surface area (TPSA) is 65.3 Å². The quantitative estimate of drug-likeness (QED) is 0.738. The van der Waals surface area contributed by atoms with Crippen molar-refractivity contribution in [3.05, 3.63) is 76.9 Å². The van der Waals surface area contributed by atoms with Crippen LogP contribution in [0.2, 0.25) is 0 Å². The Morgan fingerprint density at radius 2 is 1.72 bits per heavy atom. The molecule has 1 atom stereocenters. The number of benzene rings is 2. The van der Waals surface area contributed by atoms with E-state index < -0.39 is 5.54 Å². The SMILES string of the molecule is CC(C)=CC(=O)N1N=Cc2ccccc2C12C(=O)N(c1ccc(C)cc1)N=C2C. The first-order valence-electron chi connectivity index (χ1n) is 9.45. The first-order chi connectivity index (χ1) is 13.9. The Morgan fingerprint density at radius 1 is 1.03 bits per heavy atom. The third-order valence-corrected chi connectivity index (χ3v) is 5.16. The number of hydrogen-bond donors (Lipinski definition) is 0. The molecule has 2 aromatic carbocycles. The number of allylic oxidation sites excluding steroid dienone is 1. The van der Waals surface area contributed by atoms with Crippen molar-refractivity contribution in [1.82, 2.24) is 5.01 Å². The molecule has 0 saturated heterocycles. The smallest absolute Gasteiger partial charge is 0.269 e. The Bertz CT molecular complexity index is 1090. The van der Waals surface area contributed by atoms with Gasteiger partial charge < -0.3 is 0 Å². The van der Waals surface area contributed by atoms with Gasteiger partial charge in [0.1, 0.15) is 0 Å². The van der Waals surface area contributed by atoms with Crippen molar-refractivity contribution in [2.75, 3.05) is 5.01 Å². The van der Waals surface area contributed by atoms with Crippen LogP contribution >= 0.6 is 0 Å². The number of amides is 2. The van der Waals surface area contributed by atoms with Crippen LogP contribution in [0, 0.1) is 6.92 Å². The van der Waals surface area contributed by atoms with E-state index in [1.165, 1.54) is 16.1 Å². The Kier molecular flexibility index (Phi) is 4.42. The van der Waals surface area contributed by atoms with Crippen molar-refractivity contribution in [3.8, 4) is 0 Å². The molecule has 2 aliphatic rings. The monoisotopic (exact) mass is 386 g/mol. The van der Waals surface area contributed by atoms with Crippen molar-refractivity contribution in [3.63, 3.8) is 0 Å². The summed E-state index contributed by atoms with van der Waals surface area (Å²) in [5, 5.41) is 11.6. The summed E-state index contributed by atoms with van der Waals surface area (Å²) in [5.41, 5.74) is 3.16. The van der Waals surface area contributed by atoms with Gasteiger partial charge in [-0.1, -0.05) is 47.5 Å². The van der Waals surface area contributed by atoms with E-state index >= 15 is 0 Å². The first kappa shape index (κ1) is 18.8. The molecule has 0 saturated carbocycles. The lowest BCUT2D eigenvalue weighted by atomic mass is 9.81. The van der Waals surface area contributed by atoms with Gasteiger partial charge in [-0.15, -0.1) is 0 Å². The fourth-order valence-corrected chi connectivity index (χ4v) is 3.78. The highest BCUT2D eigenvalue weighted by molar-refractivity contribution is 6.25. The average Bonchev–Trinajstić information content (AvgIpc) is 2.94. The van der Waals surface area contributed by atoms with Gasteiger partial charge in [-0.25, -0.2) is 5.01 Å². The second kappa shape index (κ2) is 6.81. The maximum Gasteiger partial charge on any atom is 0.286 e. The van der Waals surface area contributed by atoms with Gasteiger partial charge in [0.05, 0.1) is 17.6 Å². The summed E-state index contributed by atoms with van der Waals surface area (Å²) in [6.45, 7) is 7.43. The molecule has 1 unspecified atom stereocenters. The molecule has 4 rings (SSSR count). The lowest BCUT2D eigenvalue weighted by molar-refractivity contribution is -0.139. The van der Waals surface area contributed by atoms with Gasteiger partial charge in [0.2, 0.25) is 5.54 Å². The number of hydrogen-bond acceptors (Lipinski definition) is 4. The van der Waals surface area contributed by atoms with Gasteiger partial charge in [0.25, 0.3) is 11.8 Å². The zero-order valence-corrected chi connectivity index (χ0v) is 16.9. The van der Waals surface area contributed by atoms with Crippen LogP contribution in [0.3, 0.4) is 0 Å². The highest BCUT2D eigenvalue weighted by atomic mass is 16.2. The summed E-state index contributed by atoms with van der Waals surface area (Å²) >= 11 is 0. The zero-order chi connectivity index (χ0) is 20.8. The van der Waals surface area contributed by atoms with E-state index in [0.717, 1.165) is 16.7 Å². The van der Waals surface area contributed by atoms with Crippen LogP contribution in [-0.2, 0) is 15.1 Å². The Morgan fingerprint density at radius 3 is 2.41 bits per heavy atom. The number of carbonyl (C=O) groups is 2. The van der Waals surface area contributed by atoms with Crippen molar-refractivity contribution >= 4 is 29.4 Å². The van der Waals surface area contributed by atoms with Crippen LogP contribution < -0.4 is 5.01 Å². The number of rotatable bonds is 2. The molecule has 2 amide bonds. The fourth-order valence-electron chi connectivity index (χ4n) is 3.78. The Balaban J connectivity index is 1.91. The number of fused-ring (bicyclic) bond motifs is 2. The van der Waals surface area contributed by atoms with Gasteiger partial charge in [0.15, 0.2) is 0 Å². The molecule has 0 aromatic heterocycles. The summed E-state index contributed by atoms with van der Waals surface area (Å²) in [7, 11) is 0. The molecule has 0 N–H and O–H groups in total. The van der Waals surface area contributed by atoms with Crippen LogP contribution in [0.4, 0.5) is 5.69 Å². The molecule has 0 aliphatic carbocycles. The largest absolute Gasteiger partial charge is 0.286 e. The highest BCUT2D eigenvalue weighted by Crippen LogP contribution is 2.42. The number of anilines is 1. The van der Waals surface area contributed by atoms with E-state index in [0.29, 0.717) is 17.0 Å². The van der Waals surface area contributed by atoms with Gasteiger partial charge >= 0.3 is 0 Å². The van der Waals surface area contributed by atoms with Crippen molar-refractivity contribution in [1.29, 1.82) is 0 Å². The molecular weight excluding hydrogens is 364 g/mol. The molecule has 2 aliphatic heterocycles. The lowest BCUT2D eigenvalue weighted by Crippen LogP contribution is -2.58. The van der Waals surface area contributed by atoms with Gasteiger partial charge in [-0.3, -0.25) is 9.59 Å². The van der Waals surface area contributed by atoms with Crippen LogP contribution in [0.25, 0.3) is 0 Å². The second-order valence-electron chi connectivity index (χ2n) is 7.55. The minimum Gasteiger partial charge on any atom is -0.269 e. The van der Waals surface area contributed by atoms with E-state index in [1.807, 2.05) is 69.3 Å². The predicted molar refractivity (Wildman–Crippen MR) is 114 cm³/mol. The van der Waals surface area contributed by atoms with Gasteiger partial charge in [-0.2, -0.15) is 15.2 Å². The highest BCUT2D eigenvalue weighted by Gasteiger charge is 2.59. The maximum absolute atomic E-state index is 13.9. The molecule has 6 nitrogen and oxygen atoms in total. The molecule has 0 fully saturated rings. The summed E-state index contributed by atoms with van der Waals surface area (Å²) in [5.74, 6) is -0.678. The standard InChI is InChI=1S/C23H22N4O2/c1-15(2)13-21(28)27-23(20-8-6-5-7-18(20)14-24-27)17(4)25-26(22(23)29)19-11-9-16(3)10-12-19/h5-14H,1-4H3. The molecule has 1 spiro atoms. The second-order valence-corrected chi connectivity index (χ2v) is 7.55. The molecule has 29 heavy (non-hydrogen) atoms. The van der Waals surface area contributed by atoms with Crippen LogP contribution in [0.1, 0.15) is 37.5 Å². The normalized spacial score (nSPS) is 20.0. The number of carbonyl (C=O) groups excluding carboxylic acids is 2. The van der Waals surface area contributed by atoms with E-state index in [9.17, 15) is 9.59 Å². The third kappa shape index (κ3) is 2.79. The Hall–Kier alpha value is -3.54. The van der Waals surface area contributed by atoms with Gasteiger partial charge in [-0.05, 0) is 39.8 Å². The predicted octanol–water partition coefficient (Wildman–Crippen LogP) is 3.76. The van der Waals surface area contributed by atoms with E-state index in [-0.39, 0.29) is 11.8 Å². The molecule has 146 valence electrons. The van der Waals surface area contributed by atoms with Gasteiger partial charge in [0, 0.05) is 17.2 Å². The zero-order valence-electron chi connectivity index (χ0n) is 16.9. The molecular formula is C23H22N4O2. The molecule has 0 bridgehead atoms. The van der Waals surface area contributed by atoms with E-state index in [2.05, 4.69) is 10.2 Å². The third-order valence-electron chi connectivity index (χ3n) is 5.16. The van der Waals surface area contributed by atoms with Crippen molar-refractivity contribution in [2.45, 2.75) is 33.2 Å². The number of nitrogens with zero attached hydrogens (tertiary/aromatic N) is 4. The van der Waals surface area contributed by atoms with Crippen LogP contribution in [0.5, 0.6) is 0 Å². The fraction of sp³-hybridized carbons (Fsp3) is 0.217. The average molecular weight is 386 g/mol. The summed E-state index contributed by atoms with van der Waals surface area (Å²) < 4.78 is 0. The summed E-state index contributed by atoms with van der Waals surface area (Å²) in [6, 6.07) is 15.0. The van der Waals surface area contributed by atoms with Crippen molar-refractivity contribution in [2.24, 2.45) is 10.2 Å². The molecule has 2 aromatic rings. The Labute approximate surface area is 169 Å². The maximum atomic E-state index is 13.9. The number of aryl methyl sites for hydroxylation is 1. The summed E-state index contributed by atoms with van der Waals surface area (Å²) in [6.07, 6.45) is 3.11. The van der Waals surface area contributed by atoms with E-state index in [1.54, 1.807) is 13.1 Å². The first-order valence-corrected chi connectivity index (χ1v) is 9.45. The summed E-state index contributed by atoms with van der Waals surface area (Å²) in [4.78, 5) is 26.9. The minimum atomic E-state index is -1.40. The van der Waals surface area contributed by atoms with Crippen molar-refractivity contribution < 1.29 is 9.59 Å². The molecule has 2 heterocycles. The van der Waals surface area contributed by atoms with Crippen LogP contribution in [-0.4, -0.2) is 28.7 Å². The molecule has 0 radical (unpaired) electrons.